The maximum atomic E-state index is 12.5. The van der Waals surface area contributed by atoms with Crippen LogP contribution in [0.25, 0.3) is 0 Å². The van der Waals surface area contributed by atoms with Crippen LogP contribution in [0.15, 0.2) is 53.9 Å². The van der Waals surface area contributed by atoms with Crippen molar-refractivity contribution in [3.63, 3.8) is 0 Å². The van der Waals surface area contributed by atoms with Gasteiger partial charge in [0.1, 0.15) is 5.75 Å². The molecule has 2 heterocycles. The van der Waals surface area contributed by atoms with Crippen molar-refractivity contribution >= 4 is 29.3 Å². The van der Waals surface area contributed by atoms with Gasteiger partial charge < -0.3 is 15.4 Å². The number of ether oxygens (including phenoxy) is 1. The molecule has 0 spiro atoms. The van der Waals surface area contributed by atoms with Crippen molar-refractivity contribution in [2.75, 3.05) is 12.4 Å². The minimum atomic E-state index is -0.169. The van der Waals surface area contributed by atoms with Gasteiger partial charge in [0, 0.05) is 17.8 Å². The number of anilines is 1. The van der Waals surface area contributed by atoms with Crippen LogP contribution < -0.4 is 15.4 Å². The summed E-state index contributed by atoms with van der Waals surface area (Å²) in [4.78, 5) is 24.7. The summed E-state index contributed by atoms with van der Waals surface area (Å²) in [6.45, 7) is 0.427. The highest BCUT2D eigenvalue weighted by molar-refractivity contribution is 8.02. The zero-order chi connectivity index (χ0) is 18.1. The Bertz CT molecular complexity index is 892. The van der Waals surface area contributed by atoms with Gasteiger partial charge in [0.25, 0.3) is 5.91 Å². The summed E-state index contributed by atoms with van der Waals surface area (Å²) in [5, 5.41) is 7.90. The standard InChI is InChI=1S/C20H18N2O3S/c1-25-14-5-2-12(3-6-14)11-21-19(23)13-4-7-15-17(10-13)22-20(24)16-8-9-26-18(15)16/h2-10,16,18H,11H2,1H3,(H,21,23)(H,22,24). The fourth-order valence-corrected chi connectivity index (χ4v) is 4.35. The molecule has 2 atom stereocenters. The van der Waals surface area contributed by atoms with E-state index in [1.54, 1.807) is 24.9 Å². The van der Waals surface area contributed by atoms with Crippen LogP contribution in [0.2, 0.25) is 0 Å². The number of rotatable bonds is 4. The number of thioether (sulfide) groups is 1. The minimum absolute atomic E-state index is 0.0143. The van der Waals surface area contributed by atoms with E-state index in [9.17, 15) is 9.59 Å². The third-order valence-corrected chi connectivity index (χ3v) is 5.79. The molecule has 0 radical (unpaired) electrons. The Morgan fingerprint density at radius 1 is 1.23 bits per heavy atom. The summed E-state index contributed by atoms with van der Waals surface area (Å²) in [5.74, 6) is 0.474. The maximum absolute atomic E-state index is 12.5. The van der Waals surface area contributed by atoms with E-state index in [2.05, 4.69) is 10.6 Å². The number of hydrogen-bond donors (Lipinski definition) is 2. The number of methoxy groups -OCH3 is 1. The monoisotopic (exact) mass is 366 g/mol. The molecule has 0 bridgehead atoms. The zero-order valence-electron chi connectivity index (χ0n) is 14.2. The van der Waals surface area contributed by atoms with Crippen molar-refractivity contribution in [2.24, 2.45) is 5.92 Å². The van der Waals surface area contributed by atoms with Gasteiger partial charge in [-0.05, 0) is 40.8 Å². The van der Waals surface area contributed by atoms with Gasteiger partial charge in [-0.1, -0.05) is 24.3 Å². The maximum Gasteiger partial charge on any atom is 0.251 e. The van der Waals surface area contributed by atoms with Crippen LogP contribution in [-0.4, -0.2) is 18.9 Å². The topological polar surface area (TPSA) is 67.4 Å². The second kappa shape index (κ2) is 6.88. The number of carbonyl (C=O) groups excluding carboxylic acids is 2. The highest BCUT2D eigenvalue weighted by atomic mass is 32.2. The lowest BCUT2D eigenvalue weighted by atomic mass is 9.92. The summed E-state index contributed by atoms with van der Waals surface area (Å²) >= 11 is 1.65. The molecule has 0 saturated heterocycles. The van der Waals surface area contributed by atoms with Gasteiger partial charge in [-0.3, -0.25) is 9.59 Å². The van der Waals surface area contributed by atoms with Crippen LogP contribution in [0.4, 0.5) is 5.69 Å². The smallest absolute Gasteiger partial charge is 0.251 e. The third-order valence-electron chi connectivity index (χ3n) is 4.63. The Kier molecular flexibility index (Phi) is 4.42. The summed E-state index contributed by atoms with van der Waals surface area (Å²) in [6, 6.07) is 13.1. The molecule has 2 N–H and O–H groups in total. The Hall–Kier alpha value is -2.73. The molecule has 2 aliphatic rings. The number of benzene rings is 2. The average Bonchev–Trinajstić information content (AvgIpc) is 3.17. The first-order chi connectivity index (χ1) is 12.7. The normalized spacial score (nSPS) is 20.1. The zero-order valence-corrected chi connectivity index (χ0v) is 15.0. The molecular formula is C20H18N2O3S. The van der Waals surface area contributed by atoms with E-state index in [4.69, 9.17) is 4.74 Å². The lowest BCUT2D eigenvalue weighted by Crippen LogP contribution is -2.30. The number of carbonyl (C=O) groups is 2. The summed E-state index contributed by atoms with van der Waals surface area (Å²) in [6.07, 6.45) is 1.93. The van der Waals surface area contributed by atoms with Crippen molar-refractivity contribution in [3.8, 4) is 5.75 Å². The van der Waals surface area contributed by atoms with E-state index < -0.39 is 0 Å². The van der Waals surface area contributed by atoms with Crippen molar-refractivity contribution in [1.29, 1.82) is 0 Å². The number of nitrogens with one attached hydrogen (secondary N) is 2. The first kappa shape index (κ1) is 16.7. The fourth-order valence-electron chi connectivity index (χ4n) is 3.19. The van der Waals surface area contributed by atoms with Crippen molar-refractivity contribution in [1.82, 2.24) is 5.32 Å². The number of hydrogen-bond acceptors (Lipinski definition) is 4. The van der Waals surface area contributed by atoms with Gasteiger partial charge >= 0.3 is 0 Å². The molecule has 2 amide bonds. The first-order valence-corrected chi connectivity index (χ1v) is 9.28. The second-order valence-corrected chi connectivity index (χ2v) is 7.29. The van der Waals surface area contributed by atoms with Gasteiger partial charge in [0.15, 0.2) is 0 Å². The van der Waals surface area contributed by atoms with Crippen molar-refractivity contribution < 1.29 is 14.3 Å². The molecule has 0 aromatic heterocycles. The molecule has 132 valence electrons. The summed E-state index contributed by atoms with van der Waals surface area (Å²) in [7, 11) is 1.62. The summed E-state index contributed by atoms with van der Waals surface area (Å²) < 4.78 is 5.13. The quantitative estimate of drug-likeness (QED) is 0.869. The van der Waals surface area contributed by atoms with Crippen LogP contribution in [0.3, 0.4) is 0 Å². The predicted molar refractivity (Wildman–Crippen MR) is 102 cm³/mol. The molecule has 2 aliphatic heterocycles. The molecule has 2 aromatic carbocycles. The van der Waals surface area contributed by atoms with Crippen LogP contribution in [0.1, 0.15) is 26.7 Å². The molecule has 0 fully saturated rings. The molecule has 2 unspecified atom stereocenters. The number of amides is 2. The third kappa shape index (κ3) is 3.08. The van der Waals surface area contributed by atoms with Crippen molar-refractivity contribution in [3.05, 3.63) is 70.6 Å². The van der Waals surface area contributed by atoms with E-state index >= 15 is 0 Å². The van der Waals surface area contributed by atoms with Gasteiger partial charge in [0.2, 0.25) is 5.91 Å². The largest absolute Gasteiger partial charge is 0.497 e. The SMILES string of the molecule is COc1ccc(CNC(=O)c2ccc3c(c2)NC(=O)C2C=CSC32)cc1. The molecule has 0 aliphatic carbocycles. The average molecular weight is 366 g/mol. The fraction of sp³-hybridized carbons (Fsp3) is 0.200. The number of fused-ring (bicyclic) bond motifs is 3. The molecule has 0 saturated carbocycles. The van der Waals surface area contributed by atoms with Crippen LogP contribution >= 0.6 is 11.8 Å². The van der Waals surface area contributed by atoms with Crippen molar-refractivity contribution in [2.45, 2.75) is 11.8 Å². The molecular weight excluding hydrogens is 348 g/mol. The predicted octanol–water partition coefficient (Wildman–Crippen LogP) is 3.50. The Morgan fingerprint density at radius 2 is 2.04 bits per heavy atom. The van der Waals surface area contributed by atoms with E-state index in [-0.39, 0.29) is 23.0 Å². The van der Waals surface area contributed by atoms with Gasteiger partial charge in [-0.15, -0.1) is 11.8 Å². The Morgan fingerprint density at radius 3 is 2.81 bits per heavy atom. The minimum Gasteiger partial charge on any atom is -0.497 e. The van der Waals surface area contributed by atoms with Crippen LogP contribution in [0.5, 0.6) is 5.75 Å². The Balaban J connectivity index is 1.47. The van der Waals surface area contributed by atoms with Gasteiger partial charge in [-0.25, -0.2) is 0 Å². The highest BCUT2D eigenvalue weighted by Crippen LogP contribution is 2.48. The van der Waals surface area contributed by atoms with E-state index in [1.807, 2.05) is 47.9 Å². The van der Waals surface area contributed by atoms with Crippen LogP contribution in [0, 0.1) is 5.92 Å². The first-order valence-electron chi connectivity index (χ1n) is 8.34. The molecule has 26 heavy (non-hydrogen) atoms. The van der Waals surface area contributed by atoms with Crippen LogP contribution in [-0.2, 0) is 11.3 Å². The van der Waals surface area contributed by atoms with E-state index in [1.165, 1.54) is 0 Å². The lowest BCUT2D eigenvalue weighted by molar-refractivity contribution is -0.118. The second-order valence-electron chi connectivity index (χ2n) is 6.23. The van der Waals surface area contributed by atoms with E-state index in [0.29, 0.717) is 12.1 Å². The summed E-state index contributed by atoms with van der Waals surface area (Å²) in [5.41, 5.74) is 3.31. The van der Waals surface area contributed by atoms with E-state index in [0.717, 1.165) is 22.6 Å². The van der Waals surface area contributed by atoms with Gasteiger partial charge in [-0.2, -0.15) is 0 Å². The highest BCUT2D eigenvalue weighted by Gasteiger charge is 2.37. The Labute approximate surface area is 155 Å². The molecule has 6 heteroatoms. The molecule has 2 aromatic rings. The molecule has 4 rings (SSSR count). The molecule has 5 nitrogen and oxygen atoms in total. The lowest BCUT2D eigenvalue weighted by Gasteiger charge is -2.27. The van der Waals surface area contributed by atoms with Gasteiger partial charge in [0.05, 0.1) is 18.3 Å².